The minimum Gasteiger partial charge on any atom is -0.491 e. The molecule has 2 atom stereocenters. The number of nitrogens with two attached hydrogens (primary N) is 1. The van der Waals surface area contributed by atoms with E-state index in [1.807, 2.05) is 35.2 Å². The van der Waals surface area contributed by atoms with Crippen LogP contribution in [0.3, 0.4) is 0 Å². The van der Waals surface area contributed by atoms with Crippen molar-refractivity contribution in [2.75, 3.05) is 13.2 Å². The lowest BCUT2D eigenvalue weighted by Crippen LogP contribution is -2.41. The van der Waals surface area contributed by atoms with Crippen LogP contribution in [0.4, 0.5) is 0 Å². The predicted octanol–water partition coefficient (Wildman–Crippen LogP) is 3.90. The van der Waals surface area contributed by atoms with Gasteiger partial charge < -0.3 is 25.8 Å². The number of hydrogen-bond donors (Lipinski definition) is 4. The molecule has 1 saturated heterocycles. The predicted molar refractivity (Wildman–Crippen MR) is 143 cm³/mol. The Labute approximate surface area is 218 Å². The number of aliphatic carboxylic acids is 1. The summed E-state index contributed by atoms with van der Waals surface area (Å²) < 4.78 is 6.10. The number of rotatable bonds is 11. The zero-order chi connectivity index (χ0) is 26.2. The van der Waals surface area contributed by atoms with Gasteiger partial charge in [0.1, 0.15) is 12.4 Å². The molecule has 1 aliphatic heterocycles. The molecule has 4 rings (SSSR count). The van der Waals surface area contributed by atoms with E-state index in [-0.39, 0.29) is 30.4 Å². The summed E-state index contributed by atoms with van der Waals surface area (Å²) in [6.07, 6.45) is 6.17. The van der Waals surface area contributed by atoms with Crippen LogP contribution < -0.4 is 15.8 Å². The molecule has 5 N–H and O–H groups in total. The van der Waals surface area contributed by atoms with E-state index in [1.165, 1.54) is 11.1 Å². The zero-order valence-electron chi connectivity index (χ0n) is 21.3. The number of carboxylic acid groups (broad SMARTS) is 1. The van der Waals surface area contributed by atoms with Gasteiger partial charge in [-0.05, 0) is 74.1 Å². The number of nitrogens with one attached hydrogen (secondary N) is 2. The Hall–Kier alpha value is -3.55. The maximum atomic E-state index is 13.0. The Balaban J connectivity index is 1.30. The lowest BCUT2D eigenvalue weighted by Gasteiger charge is -2.29. The Kier molecular flexibility index (Phi) is 9.04. The molecule has 0 bridgehead atoms. The summed E-state index contributed by atoms with van der Waals surface area (Å²) in [5.41, 5.74) is 7.98. The van der Waals surface area contributed by atoms with Gasteiger partial charge in [-0.2, -0.15) is 0 Å². The fraction of sp³-hybridized carbons (Fsp3) is 0.483. The van der Waals surface area contributed by atoms with Crippen LogP contribution in [0.15, 0.2) is 54.6 Å². The van der Waals surface area contributed by atoms with Crippen LogP contribution in [0.2, 0.25) is 0 Å². The summed E-state index contributed by atoms with van der Waals surface area (Å²) in [7, 11) is 0. The molecular weight excluding hydrogens is 468 g/mol. The highest BCUT2D eigenvalue weighted by atomic mass is 16.5. The van der Waals surface area contributed by atoms with Crippen molar-refractivity contribution in [1.82, 2.24) is 10.2 Å². The van der Waals surface area contributed by atoms with Crippen molar-refractivity contribution in [2.24, 2.45) is 11.7 Å². The largest absolute Gasteiger partial charge is 0.491 e. The summed E-state index contributed by atoms with van der Waals surface area (Å²) in [5.74, 6) is -0.214. The summed E-state index contributed by atoms with van der Waals surface area (Å²) in [6, 6.07) is 18.5. The van der Waals surface area contributed by atoms with Crippen molar-refractivity contribution in [1.29, 1.82) is 5.41 Å². The van der Waals surface area contributed by atoms with E-state index in [4.69, 9.17) is 15.9 Å². The number of carbonyl (C=O) groups excluding carboxylic acids is 1. The van der Waals surface area contributed by atoms with E-state index in [9.17, 15) is 14.7 Å². The first-order valence-corrected chi connectivity index (χ1v) is 13.3. The fourth-order valence-corrected chi connectivity index (χ4v) is 5.72. The van der Waals surface area contributed by atoms with Gasteiger partial charge >= 0.3 is 5.97 Å². The van der Waals surface area contributed by atoms with Crippen molar-refractivity contribution in [3.05, 3.63) is 65.7 Å². The van der Waals surface area contributed by atoms with Crippen molar-refractivity contribution >= 4 is 17.8 Å². The molecule has 0 aromatic heterocycles. The second-order valence-electron chi connectivity index (χ2n) is 10.3. The molecule has 8 heteroatoms. The molecule has 1 saturated carbocycles. The molecular formula is C29H38N4O4. The van der Waals surface area contributed by atoms with Gasteiger partial charge in [0.05, 0.1) is 18.4 Å². The lowest BCUT2D eigenvalue weighted by atomic mass is 9.82. The van der Waals surface area contributed by atoms with Crippen LogP contribution in [-0.4, -0.2) is 53.1 Å². The highest BCUT2D eigenvalue weighted by molar-refractivity contribution is 5.85. The summed E-state index contributed by atoms with van der Waals surface area (Å²) in [5, 5.41) is 19.7. The number of benzene rings is 2. The average Bonchev–Trinajstić information content (AvgIpc) is 3.17. The molecule has 2 fully saturated rings. The third-order valence-electron chi connectivity index (χ3n) is 7.64. The van der Waals surface area contributed by atoms with Gasteiger partial charge in [0, 0.05) is 12.6 Å². The van der Waals surface area contributed by atoms with Gasteiger partial charge in [-0.15, -0.1) is 0 Å². The topological polar surface area (TPSA) is 129 Å². The Morgan fingerprint density at radius 1 is 1.08 bits per heavy atom. The van der Waals surface area contributed by atoms with Gasteiger partial charge in [-0.25, -0.2) is 0 Å². The van der Waals surface area contributed by atoms with Crippen LogP contribution in [0.5, 0.6) is 5.75 Å². The number of aryl methyl sites for hydroxylation is 1. The van der Waals surface area contributed by atoms with Gasteiger partial charge in [0.2, 0.25) is 5.91 Å². The van der Waals surface area contributed by atoms with E-state index >= 15 is 0 Å². The molecule has 2 aromatic rings. The molecule has 2 aliphatic rings. The number of ether oxygens (including phenoxy) is 1. The smallest absolute Gasteiger partial charge is 0.304 e. The number of nitrogens with zero attached hydrogens (tertiary/aromatic N) is 1. The zero-order valence-corrected chi connectivity index (χ0v) is 21.3. The summed E-state index contributed by atoms with van der Waals surface area (Å²) in [6.45, 7) is 0.951. The van der Waals surface area contributed by atoms with E-state index in [2.05, 4.69) is 29.6 Å². The molecule has 0 unspecified atom stereocenters. The lowest BCUT2D eigenvalue weighted by molar-refractivity contribution is -0.142. The van der Waals surface area contributed by atoms with E-state index in [0.717, 1.165) is 44.3 Å². The number of carbonyl (C=O) groups is 2. The minimum absolute atomic E-state index is 0.0398. The number of guanidine groups is 1. The third-order valence-corrected chi connectivity index (χ3v) is 7.64. The number of likely N-dealkylation sites (tertiary alicyclic amines) is 1. The quantitative estimate of drug-likeness (QED) is 0.270. The maximum absolute atomic E-state index is 13.0. The molecule has 1 aliphatic carbocycles. The highest BCUT2D eigenvalue weighted by Gasteiger charge is 2.40. The summed E-state index contributed by atoms with van der Waals surface area (Å²) in [4.78, 5) is 26.1. The monoisotopic (exact) mass is 506 g/mol. The highest BCUT2D eigenvalue weighted by Crippen LogP contribution is 2.34. The minimum atomic E-state index is -0.939. The van der Waals surface area contributed by atoms with Gasteiger partial charge in [-0.3, -0.25) is 15.0 Å². The third kappa shape index (κ3) is 7.47. The van der Waals surface area contributed by atoms with E-state index in [0.29, 0.717) is 25.5 Å². The normalized spacial score (nSPS) is 23.6. The number of hydrogen-bond acceptors (Lipinski definition) is 4. The molecule has 37 heavy (non-hydrogen) atoms. The fourth-order valence-electron chi connectivity index (χ4n) is 5.72. The van der Waals surface area contributed by atoms with Crippen LogP contribution in [-0.2, 0) is 16.0 Å². The van der Waals surface area contributed by atoms with Crippen LogP contribution in [0, 0.1) is 11.3 Å². The number of carboxylic acids is 1. The Morgan fingerprint density at radius 3 is 2.43 bits per heavy atom. The molecule has 198 valence electrons. The van der Waals surface area contributed by atoms with Crippen LogP contribution in [0.1, 0.15) is 62.0 Å². The Morgan fingerprint density at radius 2 is 1.78 bits per heavy atom. The molecule has 1 amide bonds. The second-order valence-corrected chi connectivity index (χ2v) is 10.3. The SMILES string of the molecule is N=C(N)NC1CCC(c2ccc(OC[C@@H]3C[C@@H](CC(=O)O)C(=O)N3CCCc3ccccc3)cc2)CC1. The van der Waals surface area contributed by atoms with Gasteiger partial charge in [-0.1, -0.05) is 42.5 Å². The van der Waals surface area contributed by atoms with Gasteiger partial charge in [0.15, 0.2) is 5.96 Å². The van der Waals surface area contributed by atoms with Crippen molar-refractivity contribution in [2.45, 2.75) is 69.4 Å². The molecule has 0 radical (unpaired) electrons. The first-order chi connectivity index (χ1) is 17.9. The van der Waals surface area contributed by atoms with Crippen LogP contribution in [0.25, 0.3) is 0 Å². The molecule has 8 nitrogen and oxygen atoms in total. The maximum Gasteiger partial charge on any atom is 0.304 e. The van der Waals surface area contributed by atoms with Crippen molar-refractivity contribution < 1.29 is 19.4 Å². The molecule has 0 spiro atoms. The van der Waals surface area contributed by atoms with E-state index in [1.54, 1.807) is 0 Å². The molecule has 2 aromatic carbocycles. The van der Waals surface area contributed by atoms with Crippen molar-refractivity contribution in [3.63, 3.8) is 0 Å². The second kappa shape index (κ2) is 12.6. The molecule has 1 heterocycles. The van der Waals surface area contributed by atoms with Crippen LogP contribution >= 0.6 is 0 Å². The standard InChI is InChI=1S/C29H38N4O4/c30-29(31)32-24-12-8-21(9-13-24)22-10-14-26(15-11-22)37-19-25-17-23(18-27(34)35)28(36)33(25)16-4-7-20-5-2-1-3-6-20/h1-3,5-6,10-11,14-15,21,23-25H,4,7-9,12-13,16-19H2,(H,34,35)(H4,30,31,32)/t21?,23-,24?,25-/m0/s1. The average molecular weight is 507 g/mol. The number of amides is 1. The van der Waals surface area contributed by atoms with Gasteiger partial charge in [0.25, 0.3) is 0 Å². The first kappa shape index (κ1) is 26.5. The Bertz CT molecular complexity index is 1050. The first-order valence-electron chi connectivity index (χ1n) is 13.3. The van der Waals surface area contributed by atoms with Crippen molar-refractivity contribution in [3.8, 4) is 5.75 Å². The summed E-state index contributed by atoms with van der Waals surface area (Å²) >= 11 is 0. The van der Waals surface area contributed by atoms with E-state index < -0.39 is 11.9 Å².